The summed E-state index contributed by atoms with van der Waals surface area (Å²) in [6.45, 7) is 3.59. The molecule has 1 aliphatic heterocycles. The summed E-state index contributed by atoms with van der Waals surface area (Å²) in [4.78, 5) is 2.37. The quantitative estimate of drug-likeness (QED) is 0.805. The Labute approximate surface area is 135 Å². The average molecular weight is 323 g/mol. The minimum atomic E-state index is -0.359. The van der Waals surface area contributed by atoms with Crippen LogP contribution in [0.25, 0.3) is 0 Å². The summed E-state index contributed by atoms with van der Waals surface area (Å²) in [7, 11) is 0. The molecule has 1 aromatic carbocycles. The lowest BCUT2D eigenvalue weighted by Crippen LogP contribution is -2.28. The van der Waals surface area contributed by atoms with E-state index in [1.165, 1.54) is 18.9 Å². The van der Waals surface area contributed by atoms with Crippen LogP contribution >= 0.6 is 11.6 Å². The van der Waals surface area contributed by atoms with Crippen LogP contribution in [0.2, 0.25) is 5.02 Å². The molecule has 1 unspecified atom stereocenters. The molecule has 0 saturated carbocycles. The van der Waals surface area contributed by atoms with Crippen LogP contribution in [0.15, 0.2) is 28.8 Å². The summed E-state index contributed by atoms with van der Waals surface area (Å²) in [5, 5.41) is 4.36. The van der Waals surface area contributed by atoms with Crippen molar-refractivity contribution in [2.75, 3.05) is 6.54 Å². The predicted molar refractivity (Wildman–Crippen MR) is 84.3 cm³/mol. The minimum Gasteiger partial charge on any atom is -0.361 e. The summed E-state index contributed by atoms with van der Waals surface area (Å²) >= 11 is 5.77. The smallest absolute Gasteiger partial charge is 0.142 e. The molecular formula is C17H20ClFN2O. The minimum absolute atomic E-state index is 0.170. The van der Waals surface area contributed by atoms with Crippen LogP contribution in [0, 0.1) is 12.7 Å². The van der Waals surface area contributed by atoms with Gasteiger partial charge in [0, 0.05) is 12.6 Å². The van der Waals surface area contributed by atoms with Gasteiger partial charge in [0.15, 0.2) is 0 Å². The zero-order valence-corrected chi connectivity index (χ0v) is 13.4. The van der Waals surface area contributed by atoms with Crippen molar-refractivity contribution in [3.05, 3.63) is 52.1 Å². The highest BCUT2D eigenvalue weighted by molar-refractivity contribution is 6.30. The first-order chi connectivity index (χ1) is 10.6. The van der Waals surface area contributed by atoms with Crippen molar-refractivity contribution < 1.29 is 8.91 Å². The summed E-state index contributed by atoms with van der Waals surface area (Å²) < 4.78 is 18.9. The molecule has 0 bridgehead atoms. The first-order valence-corrected chi connectivity index (χ1v) is 8.12. The normalized spacial score (nSPS) is 20.0. The molecule has 0 spiro atoms. The average Bonchev–Trinajstić information content (AvgIpc) is 2.79. The van der Waals surface area contributed by atoms with Crippen molar-refractivity contribution in [2.45, 2.75) is 45.2 Å². The van der Waals surface area contributed by atoms with Gasteiger partial charge in [-0.3, -0.25) is 4.90 Å². The molecule has 1 saturated heterocycles. The lowest BCUT2D eigenvalue weighted by molar-refractivity contribution is 0.183. The molecular weight excluding hydrogens is 303 g/mol. The van der Waals surface area contributed by atoms with Crippen molar-refractivity contribution in [1.29, 1.82) is 0 Å². The highest BCUT2D eigenvalue weighted by atomic mass is 35.5. The molecule has 2 aromatic rings. The Morgan fingerprint density at radius 2 is 2.18 bits per heavy atom. The van der Waals surface area contributed by atoms with Gasteiger partial charge in [0.1, 0.15) is 17.3 Å². The number of benzene rings is 1. The summed E-state index contributed by atoms with van der Waals surface area (Å²) in [6, 6.07) is 7.28. The summed E-state index contributed by atoms with van der Waals surface area (Å²) in [5.41, 5.74) is 1.92. The lowest BCUT2D eigenvalue weighted by Gasteiger charge is -2.28. The number of hydrogen-bond acceptors (Lipinski definition) is 3. The summed E-state index contributed by atoms with van der Waals surface area (Å²) in [5.74, 6) is 0.472. The predicted octanol–water partition coefficient (Wildman–Crippen LogP) is 4.89. The maximum Gasteiger partial charge on any atom is 0.142 e. The van der Waals surface area contributed by atoms with E-state index in [9.17, 15) is 4.39 Å². The van der Waals surface area contributed by atoms with E-state index in [2.05, 4.69) is 10.1 Å². The molecule has 3 rings (SSSR count). The molecule has 118 valence electrons. The molecule has 1 aromatic heterocycles. The second-order valence-electron chi connectivity index (χ2n) is 5.95. The van der Waals surface area contributed by atoms with E-state index >= 15 is 0 Å². The van der Waals surface area contributed by atoms with E-state index in [4.69, 9.17) is 16.1 Å². The Bertz CT molecular complexity index is 643. The Morgan fingerprint density at radius 1 is 1.32 bits per heavy atom. The largest absolute Gasteiger partial charge is 0.361 e. The van der Waals surface area contributed by atoms with Crippen LogP contribution < -0.4 is 0 Å². The molecule has 0 amide bonds. The molecule has 1 atom stereocenters. The fraction of sp³-hybridized carbons (Fsp3) is 0.471. The van der Waals surface area contributed by atoms with E-state index in [0.717, 1.165) is 36.4 Å². The fourth-order valence-corrected chi connectivity index (χ4v) is 3.22. The number of halogens is 2. The fourth-order valence-electron chi connectivity index (χ4n) is 3.11. The molecule has 0 radical (unpaired) electrons. The molecule has 2 heterocycles. The van der Waals surface area contributed by atoms with Crippen molar-refractivity contribution in [3.63, 3.8) is 0 Å². The summed E-state index contributed by atoms with van der Waals surface area (Å²) in [6.07, 6.45) is 4.62. The SMILES string of the molecule is Cc1cc(C2CCCCCN2Cc2ccc(Cl)c(F)c2)no1. The topological polar surface area (TPSA) is 29.3 Å². The number of rotatable bonds is 3. The van der Waals surface area contributed by atoms with Crippen LogP contribution in [-0.4, -0.2) is 16.6 Å². The highest BCUT2D eigenvalue weighted by Crippen LogP contribution is 2.31. The standard InChI is InChI=1S/C17H20ClFN2O/c1-12-9-16(20-22-12)17-5-3-2-4-8-21(17)11-13-6-7-14(18)15(19)10-13/h6-7,9-10,17H,2-5,8,11H2,1H3. The van der Waals surface area contributed by atoms with Gasteiger partial charge in [-0.1, -0.05) is 35.7 Å². The van der Waals surface area contributed by atoms with Crippen LogP contribution in [0.1, 0.15) is 48.7 Å². The van der Waals surface area contributed by atoms with E-state index in [1.807, 2.05) is 19.1 Å². The van der Waals surface area contributed by atoms with Gasteiger partial charge < -0.3 is 4.52 Å². The van der Waals surface area contributed by atoms with E-state index in [-0.39, 0.29) is 16.9 Å². The second-order valence-corrected chi connectivity index (χ2v) is 6.35. The van der Waals surface area contributed by atoms with Gasteiger partial charge in [-0.15, -0.1) is 0 Å². The molecule has 1 fully saturated rings. The van der Waals surface area contributed by atoms with Crippen LogP contribution in [-0.2, 0) is 6.54 Å². The zero-order chi connectivity index (χ0) is 15.5. The molecule has 0 N–H and O–H groups in total. The molecule has 3 nitrogen and oxygen atoms in total. The Morgan fingerprint density at radius 3 is 2.91 bits per heavy atom. The third kappa shape index (κ3) is 3.50. The van der Waals surface area contributed by atoms with Crippen LogP contribution in [0.4, 0.5) is 4.39 Å². The van der Waals surface area contributed by atoms with Gasteiger partial charge in [0.05, 0.1) is 11.1 Å². The molecule has 1 aliphatic rings. The number of aryl methyl sites for hydroxylation is 1. The van der Waals surface area contributed by atoms with Gasteiger partial charge in [-0.25, -0.2) is 4.39 Å². The van der Waals surface area contributed by atoms with Gasteiger partial charge in [-0.05, 0) is 44.0 Å². The molecule has 5 heteroatoms. The monoisotopic (exact) mass is 322 g/mol. The van der Waals surface area contributed by atoms with Crippen LogP contribution in [0.3, 0.4) is 0 Å². The van der Waals surface area contributed by atoms with Gasteiger partial charge in [0.2, 0.25) is 0 Å². The van der Waals surface area contributed by atoms with E-state index < -0.39 is 0 Å². The number of hydrogen-bond donors (Lipinski definition) is 0. The first-order valence-electron chi connectivity index (χ1n) is 7.74. The Kier molecular flexibility index (Phi) is 4.79. The van der Waals surface area contributed by atoms with Gasteiger partial charge in [0.25, 0.3) is 0 Å². The maximum atomic E-state index is 13.7. The molecule has 0 aliphatic carbocycles. The lowest BCUT2D eigenvalue weighted by atomic mass is 10.1. The van der Waals surface area contributed by atoms with Crippen molar-refractivity contribution >= 4 is 11.6 Å². The highest BCUT2D eigenvalue weighted by Gasteiger charge is 2.25. The van der Waals surface area contributed by atoms with E-state index in [1.54, 1.807) is 6.07 Å². The Balaban J connectivity index is 1.82. The number of nitrogens with zero attached hydrogens (tertiary/aromatic N) is 2. The van der Waals surface area contributed by atoms with Gasteiger partial charge >= 0.3 is 0 Å². The maximum absolute atomic E-state index is 13.7. The second kappa shape index (κ2) is 6.80. The number of likely N-dealkylation sites (tertiary alicyclic amines) is 1. The van der Waals surface area contributed by atoms with E-state index in [0.29, 0.717) is 6.54 Å². The molecule has 22 heavy (non-hydrogen) atoms. The Hall–Kier alpha value is -1.39. The van der Waals surface area contributed by atoms with Crippen LogP contribution in [0.5, 0.6) is 0 Å². The van der Waals surface area contributed by atoms with Crippen molar-refractivity contribution in [2.24, 2.45) is 0 Å². The van der Waals surface area contributed by atoms with Gasteiger partial charge in [-0.2, -0.15) is 0 Å². The first kappa shape index (κ1) is 15.5. The third-order valence-corrected chi connectivity index (χ3v) is 4.53. The van der Waals surface area contributed by atoms with Crippen molar-refractivity contribution in [1.82, 2.24) is 10.1 Å². The third-order valence-electron chi connectivity index (χ3n) is 4.22. The number of aromatic nitrogens is 1. The van der Waals surface area contributed by atoms with Crippen molar-refractivity contribution in [3.8, 4) is 0 Å². The zero-order valence-electron chi connectivity index (χ0n) is 12.7.